The van der Waals surface area contributed by atoms with Crippen LogP contribution in [-0.2, 0) is 24.4 Å². The molecule has 4 bridgehead atoms. The summed E-state index contributed by atoms with van der Waals surface area (Å²) < 4.78 is 2.52. The van der Waals surface area contributed by atoms with E-state index in [1.165, 1.54) is 44.2 Å². The summed E-state index contributed by atoms with van der Waals surface area (Å²) in [5.41, 5.74) is 13.6. The van der Waals surface area contributed by atoms with Gasteiger partial charge in [0.1, 0.15) is 5.82 Å². The van der Waals surface area contributed by atoms with Crippen LogP contribution in [0.25, 0.3) is 22.4 Å². The quantitative estimate of drug-likeness (QED) is 0.121. The lowest BCUT2D eigenvalue weighted by atomic mass is 9.49. The molecule has 1 amide bonds. The van der Waals surface area contributed by atoms with Crippen molar-refractivity contribution in [1.29, 1.82) is 0 Å². The molecule has 0 aliphatic heterocycles. The monoisotopic (exact) mass is 815 g/mol. The first kappa shape index (κ1) is 38.6. The molecular weight excluding hydrogens is 768 g/mol. The third-order valence-electron chi connectivity index (χ3n) is 12.6. The summed E-state index contributed by atoms with van der Waals surface area (Å²) in [6.07, 6.45) is 8.30. The minimum Gasteiger partial charge on any atom is -0.372 e. The van der Waals surface area contributed by atoms with E-state index in [0.29, 0.717) is 38.6 Å². The predicted molar refractivity (Wildman–Crippen MR) is 228 cm³/mol. The van der Waals surface area contributed by atoms with Crippen LogP contribution in [0, 0.1) is 23.2 Å². The van der Waals surface area contributed by atoms with Gasteiger partial charge in [0, 0.05) is 56.4 Å². The van der Waals surface area contributed by atoms with Gasteiger partial charge in [-0.05, 0) is 153 Å². The number of imidazole rings is 1. The zero-order valence-electron chi connectivity index (χ0n) is 31.6. The van der Waals surface area contributed by atoms with Gasteiger partial charge in [-0.15, -0.1) is 0 Å². The van der Waals surface area contributed by atoms with Crippen LogP contribution in [0.15, 0.2) is 78.9 Å². The Kier molecular flexibility index (Phi) is 11.2. The first-order valence-electron chi connectivity index (χ1n) is 19.8. The second-order valence-corrected chi connectivity index (χ2v) is 18.1. The summed E-state index contributed by atoms with van der Waals surface area (Å²) in [6.45, 7) is 8.26. The number of rotatable bonds is 14. The Morgan fingerprint density at radius 3 is 1.85 bits per heavy atom. The molecule has 2 N–H and O–H groups in total. The summed E-state index contributed by atoms with van der Waals surface area (Å²) >= 11 is 25.6. The molecule has 4 saturated carbocycles. The highest BCUT2D eigenvalue weighted by atomic mass is 35.5. The topological polar surface area (TPSA) is 67.4 Å². The molecule has 6 nitrogen and oxygen atoms in total. The maximum atomic E-state index is 12.9. The fraction of sp³-hybridized carbons (Fsp3) is 0.422. The molecule has 1 heterocycles. The van der Waals surface area contributed by atoms with Gasteiger partial charge < -0.3 is 15.2 Å². The van der Waals surface area contributed by atoms with Crippen molar-refractivity contribution < 1.29 is 4.79 Å². The zero-order valence-corrected chi connectivity index (χ0v) is 34.6. The van der Waals surface area contributed by atoms with E-state index < -0.39 is 0 Å². The van der Waals surface area contributed by atoms with E-state index in [1.807, 2.05) is 24.3 Å². The SMILES string of the molecule is CCN(CC)c1ccc(-c2nc3cc(C(CC(N)=O)N(Cc4ccc(Cl)c(Cl)c4)Cc4ccc(Cl)c(Cl)c4)ccc3n2CC23CC4CC(CC(C4)C2)C3)cc1. The van der Waals surface area contributed by atoms with Gasteiger partial charge in [-0.1, -0.05) is 64.6 Å². The van der Waals surface area contributed by atoms with E-state index in [-0.39, 0.29) is 18.4 Å². The lowest BCUT2D eigenvalue weighted by molar-refractivity contribution is -0.119. The van der Waals surface area contributed by atoms with Gasteiger partial charge in [-0.25, -0.2) is 4.98 Å². The number of carbonyl (C=O) groups is 1. The molecule has 288 valence electrons. The summed E-state index contributed by atoms with van der Waals surface area (Å²) in [5, 5.41) is 1.93. The third-order valence-corrected chi connectivity index (χ3v) is 14.1. The fourth-order valence-corrected chi connectivity index (χ4v) is 11.3. The van der Waals surface area contributed by atoms with Crippen LogP contribution < -0.4 is 10.6 Å². The minimum absolute atomic E-state index is 0.113. The second kappa shape index (κ2) is 15.9. The summed E-state index contributed by atoms with van der Waals surface area (Å²) in [5.74, 6) is 3.19. The van der Waals surface area contributed by atoms with E-state index in [4.69, 9.17) is 57.1 Å². The number of primary amides is 1. The number of fused-ring (bicyclic) bond motifs is 1. The van der Waals surface area contributed by atoms with Crippen molar-refractivity contribution in [3.8, 4) is 11.4 Å². The van der Waals surface area contributed by atoms with Crippen molar-refractivity contribution in [3.63, 3.8) is 0 Å². The average molecular weight is 818 g/mol. The van der Waals surface area contributed by atoms with E-state index >= 15 is 0 Å². The average Bonchev–Trinajstić information content (AvgIpc) is 3.50. The number of hydrogen-bond acceptors (Lipinski definition) is 4. The van der Waals surface area contributed by atoms with Crippen molar-refractivity contribution >= 4 is 69.0 Å². The Balaban J connectivity index is 1.21. The predicted octanol–water partition coefficient (Wildman–Crippen LogP) is 12.0. The maximum Gasteiger partial charge on any atom is 0.219 e. The summed E-state index contributed by atoms with van der Waals surface area (Å²) in [4.78, 5) is 22.9. The van der Waals surface area contributed by atoms with Crippen molar-refractivity contribution in [2.45, 2.75) is 84.5 Å². The number of nitrogens with two attached hydrogens (primary N) is 1. The molecule has 0 saturated heterocycles. The Morgan fingerprint density at radius 2 is 1.35 bits per heavy atom. The molecule has 4 fully saturated rings. The molecule has 5 aromatic rings. The number of nitrogens with zero attached hydrogens (tertiary/aromatic N) is 4. The Bertz CT molecular complexity index is 2110. The molecule has 4 aromatic carbocycles. The molecule has 0 spiro atoms. The molecule has 1 aromatic heterocycles. The minimum atomic E-state index is -0.389. The van der Waals surface area contributed by atoms with E-state index in [9.17, 15) is 4.79 Å². The van der Waals surface area contributed by atoms with Crippen molar-refractivity contribution in [2.24, 2.45) is 28.9 Å². The van der Waals surface area contributed by atoms with Crippen LogP contribution in [0.1, 0.15) is 81.5 Å². The highest BCUT2D eigenvalue weighted by Gasteiger charge is 2.51. The molecule has 0 radical (unpaired) electrons. The van der Waals surface area contributed by atoms with Gasteiger partial charge >= 0.3 is 0 Å². The van der Waals surface area contributed by atoms with Gasteiger partial charge in [0.15, 0.2) is 0 Å². The Labute approximate surface area is 344 Å². The standard InChI is InChI=1S/C45H49Cl4N5O/c1-3-52(4-2)35-10-7-33(8-11-35)44-51-40-20-34(9-14-41(40)54(44)27-45-22-30-15-31(23-45)17-32(16-30)24-45)42(21-43(50)55)53(25-28-5-12-36(46)38(48)18-28)26-29-6-13-37(47)39(49)19-29/h5-14,18-20,30-32,42H,3-4,15-17,21-27H2,1-2H3,(H2,50,55). The number of benzene rings is 4. The smallest absolute Gasteiger partial charge is 0.219 e. The van der Waals surface area contributed by atoms with Gasteiger partial charge in [0.05, 0.1) is 31.1 Å². The van der Waals surface area contributed by atoms with Crippen LogP contribution >= 0.6 is 46.4 Å². The maximum absolute atomic E-state index is 12.9. The summed E-state index contributed by atoms with van der Waals surface area (Å²) in [7, 11) is 0. The van der Waals surface area contributed by atoms with Gasteiger partial charge in [0.2, 0.25) is 5.91 Å². The van der Waals surface area contributed by atoms with Crippen LogP contribution in [0.2, 0.25) is 20.1 Å². The van der Waals surface area contributed by atoms with Gasteiger partial charge in [0.25, 0.3) is 0 Å². The second-order valence-electron chi connectivity index (χ2n) is 16.5. The van der Waals surface area contributed by atoms with E-state index in [2.05, 4.69) is 70.7 Å². The van der Waals surface area contributed by atoms with Crippen molar-refractivity contribution in [3.05, 3.63) is 116 Å². The summed E-state index contributed by atoms with van der Waals surface area (Å²) in [6, 6.07) is 26.4. The van der Waals surface area contributed by atoms with Crippen molar-refractivity contribution in [1.82, 2.24) is 14.5 Å². The molecule has 55 heavy (non-hydrogen) atoms. The van der Waals surface area contributed by atoms with E-state index in [0.717, 1.165) is 76.5 Å². The first-order chi connectivity index (χ1) is 26.5. The largest absolute Gasteiger partial charge is 0.372 e. The van der Waals surface area contributed by atoms with Crippen LogP contribution in [0.5, 0.6) is 0 Å². The highest BCUT2D eigenvalue weighted by Crippen LogP contribution is 2.61. The van der Waals surface area contributed by atoms with Gasteiger partial charge in [-0.3, -0.25) is 9.69 Å². The molecule has 1 unspecified atom stereocenters. The molecule has 4 aliphatic rings. The third kappa shape index (κ3) is 8.13. The number of hydrogen-bond donors (Lipinski definition) is 1. The van der Waals surface area contributed by atoms with Gasteiger partial charge in [-0.2, -0.15) is 0 Å². The van der Waals surface area contributed by atoms with Crippen LogP contribution in [0.4, 0.5) is 5.69 Å². The fourth-order valence-electron chi connectivity index (χ4n) is 10.6. The molecule has 9 rings (SSSR count). The zero-order chi connectivity index (χ0) is 38.4. The number of amides is 1. The number of carbonyl (C=O) groups excluding carboxylic acids is 1. The lowest BCUT2D eigenvalue weighted by Gasteiger charge is -2.57. The number of aromatic nitrogens is 2. The molecule has 1 atom stereocenters. The van der Waals surface area contributed by atoms with Crippen LogP contribution in [-0.4, -0.2) is 33.4 Å². The van der Waals surface area contributed by atoms with E-state index in [1.54, 1.807) is 12.1 Å². The van der Waals surface area contributed by atoms with Crippen LogP contribution in [0.3, 0.4) is 0 Å². The Hall–Kier alpha value is -3.26. The first-order valence-corrected chi connectivity index (χ1v) is 21.3. The Morgan fingerprint density at radius 1 is 0.782 bits per heavy atom. The number of halogens is 4. The lowest BCUT2D eigenvalue weighted by Crippen LogP contribution is -2.47. The van der Waals surface area contributed by atoms with Crippen molar-refractivity contribution in [2.75, 3.05) is 18.0 Å². The molecule has 4 aliphatic carbocycles. The number of anilines is 1. The molecule has 10 heteroatoms. The normalized spacial score (nSPS) is 22.1. The highest BCUT2D eigenvalue weighted by molar-refractivity contribution is 6.42. The molecular formula is C45H49Cl4N5O.